The quantitative estimate of drug-likeness (QED) is 0.463. The summed E-state index contributed by atoms with van der Waals surface area (Å²) in [6, 6.07) is 12.0. The number of anilines is 1. The van der Waals surface area contributed by atoms with Gasteiger partial charge in [0.1, 0.15) is 23.7 Å². The number of aliphatic carboxylic acids is 1. The van der Waals surface area contributed by atoms with E-state index in [1.54, 1.807) is 26.0 Å². The average molecular weight is 437 g/mol. The van der Waals surface area contributed by atoms with Crippen molar-refractivity contribution in [3.8, 4) is 17.0 Å². The van der Waals surface area contributed by atoms with E-state index in [0.29, 0.717) is 28.1 Å². The Kier molecular flexibility index (Phi) is 7.14. The number of nitrogens with zero attached hydrogens (tertiary/aromatic N) is 1. The summed E-state index contributed by atoms with van der Waals surface area (Å²) < 4.78 is 11.1. The number of aromatic nitrogens is 1. The zero-order valence-corrected chi connectivity index (χ0v) is 18.5. The molecule has 3 aromatic rings. The number of carbonyl (C=O) groups is 2. The molecule has 168 valence electrons. The number of ether oxygens (including phenoxy) is 1. The van der Waals surface area contributed by atoms with Gasteiger partial charge in [0.05, 0.1) is 12.6 Å². The van der Waals surface area contributed by atoms with E-state index in [0.717, 1.165) is 5.56 Å². The van der Waals surface area contributed by atoms with Crippen LogP contribution in [0.4, 0.5) is 6.01 Å². The molecule has 0 aliphatic rings. The molecule has 0 aliphatic carbocycles. The molecule has 3 N–H and O–H groups in total. The number of carboxylic acid groups (broad SMARTS) is 1. The van der Waals surface area contributed by atoms with Gasteiger partial charge in [-0.25, -0.2) is 4.79 Å². The summed E-state index contributed by atoms with van der Waals surface area (Å²) in [5.41, 5.74) is 3.34. The molecule has 32 heavy (non-hydrogen) atoms. The van der Waals surface area contributed by atoms with Gasteiger partial charge >= 0.3 is 5.97 Å². The van der Waals surface area contributed by atoms with Crippen molar-refractivity contribution in [3.05, 3.63) is 65.4 Å². The normalized spacial score (nSPS) is 11.8. The minimum absolute atomic E-state index is 0.00792. The molecule has 1 aromatic heterocycles. The van der Waals surface area contributed by atoms with Gasteiger partial charge in [0.25, 0.3) is 11.9 Å². The third kappa shape index (κ3) is 5.66. The fraction of sp³-hybridized carbons (Fsp3) is 0.292. The third-order valence-electron chi connectivity index (χ3n) is 4.74. The van der Waals surface area contributed by atoms with Gasteiger partial charge < -0.3 is 24.9 Å². The third-order valence-corrected chi connectivity index (χ3v) is 4.74. The first-order chi connectivity index (χ1) is 15.2. The number of benzene rings is 2. The summed E-state index contributed by atoms with van der Waals surface area (Å²) in [5, 5.41) is 15.0. The van der Waals surface area contributed by atoms with Gasteiger partial charge in [-0.05, 0) is 51.0 Å². The van der Waals surface area contributed by atoms with Crippen molar-refractivity contribution in [3.63, 3.8) is 0 Å². The average Bonchev–Trinajstić information content (AvgIpc) is 3.19. The summed E-state index contributed by atoms with van der Waals surface area (Å²) in [4.78, 5) is 28.9. The Bertz CT molecular complexity index is 1070. The summed E-state index contributed by atoms with van der Waals surface area (Å²) >= 11 is 0. The van der Waals surface area contributed by atoms with Crippen LogP contribution in [0.2, 0.25) is 0 Å². The lowest BCUT2D eigenvalue weighted by Crippen LogP contribution is -2.45. The number of carboxylic acids is 1. The van der Waals surface area contributed by atoms with Crippen LogP contribution in [0.15, 0.2) is 53.1 Å². The zero-order valence-electron chi connectivity index (χ0n) is 18.5. The molecular formula is C24H27N3O5. The molecule has 0 fully saturated rings. The summed E-state index contributed by atoms with van der Waals surface area (Å²) in [7, 11) is 0. The van der Waals surface area contributed by atoms with Crippen molar-refractivity contribution >= 4 is 17.9 Å². The van der Waals surface area contributed by atoms with Crippen LogP contribution in [-0.4, -0.2) is 40.7 Å². The van der Waals surface area contributed by atoms with Crippen molar-refractivity contribution in [2.45, 2.75) is 39.8 Å². The molecular weight excluding hydrogens is 410 g/mol. The highest BCUT2D eigenvalue weighted by molar-refractivity contribution is 5.99. The van der Waals surface area contributed by atoms with E-state index in [-0.39, 0.29) is 18.7 Å². The van der Waals surface area contributed by atoms with Crippen molar-refractivity contribution in [2.75, 3.05) is 11.9 Å². The first-order valence-electron chi connectivity index (χ1n) is 10.3. The van der Waals surface area contributed by atoms with E-state index < -0.39 is 17.9 Å². The number of hydrogen-bond donors (Lipinski definition) is 3. The predicted molar refractivity (Wildman–Crippen MR) is 121 cm³/mol. The molecule has 1 amide bonds. The van der Waals surface area contributed by atoms with Gasteiger partial charge in [-0.15, -0.1) is 0 Å². The second kappa shape index (κ2) is 10.00. The van der Waals surface area contributed by atoms with Gasteiger partial charge in [-0.1, -0.05) is 30.3 Å². The minimum atomic E-state index is -1.18. The maximum atomic E-state index is 12.9. The molecule has 3 rings (SSSR count). The largest absolute Gasteiger partial charge is 0.491 e. The maximum Gasteiger partial charge on any atom is 0.328 e. The Morgan fingerprint density at radius 1 is 1.12 bits per heavy atom. The minimum Gasteiger partial charge on any atom is -0.491 e. The standard InChI is InChI=1S/C24H27N3O5/c1-14(2)32-18-10-15(3)21(16(4)11-18)22(28)26-19(23(29)30)12-25-24-27-20(13-31-24)17-8-6-5-7-9-17/h5-11,13-14,19H,12H2,1-4H3,(H,25,27)(H,26,28)(H,29,30)/t19-/m0/s1. The van der Waals surface area contributed by atoms with Crippen LogP contribution in [0.25, 0.3) is 11.3 Å². The Labute approximate surface area is 186 Å². The lowest BCUT2D eigenvalue weighted by atomic mass is 10.0. The summed E-state index contributed by atoms with van der Waals surface area (Å²) in [6.07, 6.45) is 1.49. The van der Waals surface area contributed by atoms with E-state index in [2.05, 4.69) is 15.6 Å². The van der Waals surface area contributed by atoms with E-state index in [9.17, 15) is 14.7 Å². The fourth-order valence-electron chi connectivity index (χ4n) is 3.34. The molecule has 0 saturated heterocycles. The number of aryl methyl sites for hydroxylation is 2. The molecule has 0 radical (unpaired) electrons. The zero-order chi connectivity index (χ0) is 23.3. The van der Waals surface area contributed by atoms with Crippen molar-refractivity contribution in [1.82, 2.24) is 10.3 Å². The molecule has 1 atom stereocenters. The molecule has 0 spiro atoms. The summed E-state index contributed by atoms with van der Waals surface area (Å²) in [6.45, 7) is 7.34. The molecule has 0 unspecified atom stereocenters. The highest BCUT2D eigenvalue weighted by Crippen LogP contribution is 2.23. The van der Waals surface area contributed by atoms with E-state index >= 15 is 0 Å². The van der Waals surface area contributed by atoms with Crippen molar-refractivity contribution < 1.29 is 23.8 Å². The first kappa shape index (κ1) is 22.9. The molecule has 1 heterocycles. The molecule has 0 aliphatic heterocycles. The molecule has 2 aromatic carbocycles. The first-order valence-corrected chi connectivity index (χ1v) is 10.3. The number of oxazole rings is 1. The maximum absolute atomic E-state index is 12.9. The highest BCUT2D eigenvalue weighted by Gasteiger charge is 2.23. The van der Waals surface area contributed by atoms with Crippen LogP contribution in [-0.2, 0) is 4.79 Å². The molecule has 8 nitrogen and oxygen atoms in total. The lowest BCUT2D eigenvalue weighted by Gasteiger charge is -2.18. The van der Waals surface area contributed by atoms with Gasteiger partial charge in [-0.2, -0.15) is 4.98 Å². The van der Waals surface area contributed by atoms with Crippen molar-refractivity contribution in [2.24, 2.45) is 0 Å². The number of amides is 1. The Morgan fingerprint density at radius 2 is 1.78 bits per heavy atom. The smallest absolute Gasteiger partial charge is 0.328 e. The monoisotopic (exact) mass is 437 g/mol. The van der Waals surface area contributed by atoms with Crippen LogP contribution in [0.1, 0.15) is 35.3 Å². The highest BCUT2D eigenvalue weighted by atomic mass is 16.5. The summed E-state index contributed by atoms with van der Waals surface area (Å²) in [5.74, 6) is -0.973. The van der Waals surface area contributed by atoms with E-state index in [4.69, 9.17) is 9.15 Å². The van der Waals surface area contributed by atoms with Crippen LogP contribution in [0.3, 0.4) is 0 Å². The number of nitrogens with one attached hydrogen (secondary N) is 2. The SMILES string of the molecule is Cc1cc(OC(C)C)cc(C)c1C(=O)N[C@@H](CNc1nc(-c2ccccc2)co1)C(=O)O. The fourth-order valence-corrected chi connectivity index (χ4v) is 3.34. The Balaban J connectivity index is 1.68. The van der Waals surface area contributed by atoms with Gasteiger partial charge in [0.15, 0.2) is 0 Å². The van der Waals surface area contributed by atoms with Crippen LogP contribution >= 0.6 is 0 Å². The van der Waals surface area contributed by atoms with Crippen LogP contribution in [0, 0.1) is 13.8 Å². The van der Waals surface area contributed by atoms with Crippen LogP contribution < -0.4 is 15.4 Å². The number of rotatable bonds is 9. The molecule has 8 heteroatoms. The van der Waals surface area contributed by atoms with Gasteiger partial charge in [0, 0.05) is 11.1 Å². The topological polar surface area (TPSA) is 114 Å². The predicted octanol–water partition coefficient (Wildman–Crippen LogP) is 4.04. The molecule has 0 saturated carbocycles. The number of carbonyl (C=O) groups excluding carboxylic acids is 1. The number of hydrogen-bond acceptors (Lipinski definition) is 6. The van der Waals surface area contributed by atoms with Gasteiger partial charge in [0.2, 0.25) is 0 Å². The lowest BCUT2D eigenvalue weighted by molar-refractivity contribution is -0.138. The van der Waals surface area contributed by atoms with Crippen LogP contribution in [0.5, 0.6) is 5.75 Å². The van der Waals surface area contributed by atoms with Gasteiger partial charge in [-0.3, -0.25) is 4.79 Å². The Morgan fingerprint density at radius 3 is 2.38 bits per heavy atom. The van der Waals surface area contributed by atoms with E-state index in [1.165, 1.54) is 6.26 Å². The van der Waals surface area contributed by atoms with E-state index in [1.807, 2.05) is 44.2 Å². The molecule has 0 bridgehead atoms. The second-order valence-electron chi connectivity index (χ2n) is 7.75. The second-order valence-corrected chi connectivity index (χ2v) is 7.75. The van der Waals surface area contributed by atoms with Crippen molar-refractivity contribution in [1.29, 1.82) is 0 Å². The Hall–Kier alpha value is -3.81.